The maximum atomic E-state index is 12.2. The summed E-state index contributed by atoms with van der Waals surface area (Å²) < 4.78 is 10.3. The van der Waals surface area contributed by atoms with E-state index >= 15 is 0 Å². The van der Waals surface area contributed by atoms with Crippen molar-refractivity contribution in [3.8, 4) is 11.5 Å². The number of carbonyl (C=O) groups is 1. The number of ether oxygens (including phenoxy) is 2. The molecule has 5 heteroatoms. The van der Waals surface area contributed by atoms with E-state index in [0.29, 0.717) is 30.0 Å². The van der Waals surface area contributed by atoms with E-state index in [1.165, 1.54) is 7.11 Å². The monoisotopic (exact) mass is 281 g/mol. The normalized spacial score (nSPS) is 11.8. The highest BCUT2D eigenvalue weighted by Crippen LogP contribution is 2.23. The maximum absolute atomic E-state index is 12.2. The predicted molar refractivity (Wildman–Crippen MR) is 77.4 cm³/mol. The molecule has 0 saturated carbocycles. The zero-order chi connectivity index (χ0) is 15.0. The number of aliphatic hydroxyl groups is 1. The SMILES string of the molecule is CCC(CCO)CNC(=O)c1cc(OC)ccc1OC. The van der Waals surface area contributed by atoms with Crippen molar-refractivity contribution in [3.05, 3.63) is 23.8 Å². The fourth-order valence-corrected chi connectivity index (χ4v) is 1.96. The zero-order valence-corrected chi connectivity index (χ0v) is 12.3. The molecule has 112 valence electrons. The Bertz CT molecular complexity index is 434. The minimum absolute atomic E-state index is 0.136. The Morgan fingerprint density at radius 2 is 2.10 bits per heavy atom. The average molecular weight is 281 g/mol. The molecule has 0 aliphatic carbocycles. The molecule has 0 bridgehead atoms. The van der Waals surface area contributed by atoms with Gasteiger partial charge in [0.25, 0.3) is 5.91 Å². The van der Waals surface area contributed by atoms with Crippen LogP contribution in [-0.2, 0) is 0 Å². The van der Waals surface area contributed by atoms with Gasteiger partial charge < -0.3 is 19.9 Å². The van der Waals surface area contributed by atoms with Gasteiger partial charge in [0.2, 0.25) is 0 Å². The fraction of sp³-hybridized carbons (Fsp3) is 0.533. The number of methoxy groups -OCH3 is 2. The zero-order valence-electron chi connectivity index (χ0n) is 12.3. The van der Waals surface area contributed by atoms with Gasteiger partial charge in [-0.3, -0.25) is 4.79 Å². The van der Waals surface area contributed by atoms with Crippen LogP contribution in [0.2, 0.25) is 0 Å². The second kappa shape index (κ2) is 8.43. The van der Waals surface area contributed by atoms with Crippen LogP contribution in [0, 0.1) is 5.92 Å². The third-order valence-electron chi connectivity index (χ3n) is 3.32. The largest absolute Gasteiger partial charge is 0.497 e. The van der Waals surface area contributed by atoms with Crippen LogP contribution in [0.1, 0.15) is 30.1 Å². The van der Waals surface area contributed by atoms with Gasteiger partial charge in [-0.2, -0.15) is 0 Å². The Morgan fingerprint density at radius 1 is 1.35 bits per heavy atom. The summed E-state index contributed by atoms with van der Waals surface area (Å²) in [6.07, 6.45) is 1.60. The molecule has 0 radical (unpaired) electrons. The third-order valence-corrected chi connectivity index (χ3v) is 3.32. The van der Waals surface area contributed by atoms with Crippen LogP contribution in [0.15, 0.2) is 18.2 Å². The molecule has 0 heterocycles. The highest BCUT2D eigenvalue weighted by molar-refractivity contribution is 5.97. The van der Waals surface area contributed by atoms with E-state index in [0.717, 1.165) is 6.42 Å². The molecule has 1 aromatic carbocycles. The van der Waals surface area contributed by atoms with Crippen molar-refractivity contribution in [2.45, 2.75) is 19.8 Å². The highest BCUT2D eigenvalue weighted by Gasteiger charge is 2.15. The van der Waals surface area contributed by atoms with Gasteiger partial charge in [-0.15, -0.1) is 0 Å². The number of aliphatic hydroxyl groups excluding tert-OH is 1. The number of rotatable bonds is 8. The minimum atomic E-state index is -0.197. The maximum Gasteiger partial charge on any atom is 0.255 e. The Kier molecular flexibility index (Phi) is 6.87. The quantitative estimate of drug-likeness (QED) is 0.763. The van der Waals surface area contributed by atoms with Gasteiger partial charge in [-0.05, 0) is 30.5 Å². The Morgan fingerprint density at radius 3 is 2.65 bits per heavy atom. The molecular weight excluding hydrogens is 258 g/mol. The first kappa shape index (κ1) is 16.3. The van der Waals surface area contributed by atoms with E-state index in [2.05, 4.69) is 5.32 Å². The van der Waals surface area contributed by atoms with E-state index in [9.17, 15) is 4.79 Å². The molecule has 0 saturated heterocycles. The number of carbonyl (C=O) groups excluding carboxylic acids is 1. The van der Waals surface area contributed by atoms with Gasteiger partial charge in [0.15, 0.2) is 0 Å². The summed E-state index contributed by atoms with van der Waals surface area (Å²) >= 11 is 0. The molecule has 20 heavy (non-hydrogen) atoms. The van der Waals surface area contributed by atoms with Crippen molar-refractivity contribution in [1.29, 1.82) is 0 Å². The van der Waals surface area contributed by atoms with Crippen LogP contribution in [0.25, 0.3) is 0 Å². The van der Waals surface area contributed by atoms with Crippen molar-refractivity contribution in [2.24, 2.45) is 5.92 Å². The van der Waals surface area contributed by atoms with Crippen LogP contribution in [0.4, 0.5) is 0 Å². The fourth-order valence-electron chi connectivity index (χ4n) is 1.96. The van der Waals surface area contributed by atoms with Crippen LogP contribution < -0.4 is 14.8 Å². The summed E-state index contributed by atoms with van der Waals surface area (Å²) in [5.41, 5.74) is 0.450. The Hall–Kier alpha value is -1.75. The second-order valence-electron chi connectivity index (χ2n) is 4.56. The molecule has 0 aromatic heterocycles. The van der Waals surface area contributed by atoms with Gasteiger partial charge in [0.1, 0.15) is 11.5 Å². The van der Waals surface area contributed by atoms with Crippen molar-refractivity contribution < 1.29 is 19.4 Å². The number of amides is 1. The van der Waals surface area contributed by atoms with Crippen molar-refractivity contribution in [1.82, 2.24) is 5.32 Å². The average Bonchev–Trinajstić information content (AvgIpc) is 2.50. The molecule has 0 fully saturated rings. The second-order valence-corrected chi connectivity index (χ2v) is 4.56. The third kappa shape index (κ3) is 4.42. The van der Waals surface area contributed by atoms with Crippen LogP contribution in [0.5, 0.6) is 11.5 Å². The summed E-state index contributed by atoms with van der Waals surface area (Å²) in [4.78, 5) is 12.2. The molecule has 1 rings (SSSR count). The molecule has 5 nitrogen and oxygen atoms in total. The van der Waals surface area contributed by atoms with E-state index < -0.39 is 0 Å². The summed E-state index contributed by atoms with van der Waals surface area (Å²) in [5, 5.41) is 11.8. The minimum Gasteiger partial charge on any atom is -0.497 e. The lowest BCUT2D eigenvalue weighted by Gasteiger charge is -2.15. The lowest BCUT2D eigenvalue weighted by atomic mass is 10.0. The van der Waals surface area contributed by atoms with Gasteiger partial charge >= 0.3 is 0 Å². The molecule has 0 spiro atoms. The van der Waals surface area contributed by atoms with Crippen LogP contribution in [0.3, 0.4) is 0 Å². The topological polar surface area (TPSA) is 67.8 Å². The number of benzene rings is 1. The van der Waals surface area contributed by atoms with E-state index in [1.807, 2.05) is 6.92 Å². The molecular formula is C15H23NO4. The van der Waals surface area contributed by atoms with Gasteiger partial charge in [0.05, 0.1) is 19.8 Å². The summed E-state index contributed by atoms with van der Waals surface area (Å²) in [5.74, 6) is 1.20. The summed E-state index contributed by atoms with van der Waals surface area (Å²) in [7, 11) is 3.08. The first-order valence-electron chi connectivity index (χ1n) is 6.77. The van der Waals surface area contributed by atoms with E-state index in [-0.39, 0.29) is 18.4 Å². The first-order valence-corrected chi connectivity index (χ1v) is 6.77. The standard InChI is InChI=1S/C15H23NO4/c1-4-11(7-8-17)10-16-15(18)13-9-12(19-2)5-6-14(13)20-3/h5-6,9,11,17H,4,7-8,10H2,1-3H3,(H,16,18). The molecule has 0 aliphatic rings. The Balaban J connectivity index is 2.75. The molecule has 1 amide bonds. The van der Waals surface area contributed by atoms with Gasteiger partial charge in [-0.25, -0.2) is 0 Å². The number of nitrogens with one attached hydrogen (secondary N) is 1. The summed E-state index contributed by atoms with van der Waals surface area (Å²) in [6.45, 7) is 2.71. The molecule has 1 atom stereocenters. The molecule has 0 aliphatic heterocycles. The molecule has 1 aromatic rings. The van der Waals surface area contributed by atoms with Crippen LogP contribution >= 0.6 is 0 Å². The Labute approximate surface area is 119 Å². The number of hydrogen-bond donors (Lipinski definition) is 2. The predicted octanol–water partition coefficient (Wildman–Crippen LogP) is 1.84. The van der Waals surface area contributed by atoms with E-state index in [1.54, 1.807) is 25.3 Å². The van der Waals surface area contributed by atoms with Crippen molar-refractivity contribution in [3.63, 3.8) is 0 Å². The van der Waals surface area contributed by atoms with Gasteiger partial charge in [-0.1, -0.05) is 13.3 Å². The summed E-state index contributed by atoms with van der Waals surface area (Å²) in [6, 6.07) is 5.11. The molecule has 1 unspecified atom stereocenters. The van der Waals surface area contributed by atoms with Crippen LogP contribution in [-0.4, -0.2) is 38.4 Å². The van der Waals surface area contributed by atoms with Crippen molar-refractivity contribution >= 4 is 5.91 Å². The number of hydrogen-bond acceptors (Lipinski definition) is 4. The van der Waals surface area contributed by atoms with E-state index in [4.69, 9.17) is 14.6 Å². The lowest BCUT2D eigenvalue weighted by Crippen LogP contribution is -2.29. The first-order chi connectivity index (χ1) is 9.65. The van der Waals surface area contributed by atoms with Gasteiger partial charge in [0, 0.05) is 13.2 Å². The van der Waals surface area contributed by atoms with Crippen molar-refractivity contribution in [2.75, 3.05) is 27.4 Å². The molecule has 2 N–H and O–H groups in total. The smallest absolute Gasteiger partial charge is 0.255 e. The lowest BCUT2D eigenvalue weighted by molar-refractivity contribution is 0.0940. The highest BCUT2D eigenvalue weighted by atomic mass is 16.5.